The lowest BCUT2D eigenvalue weighted by Gasteiger charge is -2.24. The number of nitrogens with zero attached hydrogens (tertiary/aromatic N) is 5. The smallest absolute Gasteiger partial charge is 0.244 e. The zero-order chi connectivity index (χ0) is 17.1. The molecule has 1 amide bonds. The molecule has 1 fully saturated rings. The molecular weight excluding hydrogens is 331 g/mol. The van der Waals surface area contributed by atoms with Crippen LogP contribution in [-0.4, -0.2) is 55.9 Å². The van der Waals surface area contributed by atoms with Crippen LogP contribution >= 0.6 is 11.3 Å². The van der Waals surface area contributed by atoms with Gasteiger partial charge in [0.25, 0.3) is 0 Å². The average Bonchev–Trinajstić information content (AvgIpc) is 3.27. The second kappa shape index (κ2) is 7.35. The number of aryl methyl sites for hydroxylation is 1. The first-order valence-electron chi connectivity index (χ1n) is 7.94. The minimum Gasteiger partial charge on any atom is -0.353 e. The zero-order valence-electron chi connectivity index (χ0n) is 13.7. The van der Waals surface area contributed by atoms with Gasteiger partial charge in [-0.25, -0.2) is 19.0 Å². The van der Waals surface area contributed by atoms with Crippen LogP contribution in [0.2, 0.25) is 0 Å². The Bertz CT molecular complexity index is 675. The van der Waals surface area contributed by atoms with Crippen molar-refractivity contribution in [2.24, 2.45) is 0 Å². The van der Waals surface area contributed by atoms with Gasteiger partial charge in [-0.1, -0.05) is 0 Å². The molecule has 1 saturated heterocycles. The molecule has 0 aliphatic carbocycles. The summed E-state index contributed by atoms with van der Waals surface area (Å²) in [7, 11) is 0. The van der Waals surface area contributed by atoms with Gasteiger partial charge in [-0.05, 0) is 20.3 Å². The molecule has 130 valence electrons. The van der Waals surface area contributed by atoms with Crippen molar-refractivity contribution >= 4 is 17.2 Å². The molecule has 0 unspecified atom stereocenters. The van der Waals surface area contributed by atoms with Crippen LogP contribution in [0.5, 0.6) is 0 Å². The molecule has 0 aromatic carbocycles. The first-order chi connectivity index (χ1) is 11.5. The van der Waals surface area contributed by atoms with Crippen LogP contribution < -0.4 is 5.32 Å². The van der Waals surface area contributed by atoms with Crippen LogP contribution in [-0.2, 0) is 11.3 Å². The summed E-state index contributed by atoms with van der Waals surface area (Å²) in [6.45, 7) is 5.13. The summed E-state index contributed by atoms with van der Waals surface area (Å²) in [6, 6.07) is -0.460. The summed E-state index contributed by atoms with van der Waals surface area (Å²) < 4.78 is 15.3. The maximum absolute atomic E-state index is 13.8. The molecule has 0 spiro atoms. The number of hydrogen-bond donors (Lipinski definition) is 1. The van der Waals surface area contributed by atoms with Crippen LogP contribution in [0.15, 0.2) is 18.0 Å². The Morgan fingerprint density at radius 1 is 1.58 bits per heavy atom. The normalized spacial score (nSPS) is 22.6. The summed E-state index contributed by atoms with van der Waals surface area (Å²) >= 11 is 1.59. The van der Waals surface area contributed by atoms with Crippen molar-refractivity contribution < 1.29 is 9.18 Å². The number of rotatable bonds is 6. The number of nitrogens with one attached hydrogen (secondary N) is 1. The molecular formula is C15H21FN6OS. The number of aromatic nitrogens is 4. The molecule has 24 heavy (non-hydrogen) atoms. The fourth-order valence-electron chi connectivity index (χ4n) is 2.92. The second-order valence-electron chi connectivity index (χ2n) is 6.07. The minimum absolute atomic E-state index is 0.0195. The van der Waals surface area contributed by atoms with Gasteiger partial charge in [0, 0.05) is 31.1 Å². The number of hydrogen-bond acceptors (Lipinski definition) is 6. The maximum Gasteiger partial charge on any atom is 0.244 e. The topological polar surface area (TPSA) is 75.9 Å². The Morgan fingerprint density at radius 3 is 3.08 bits per heavy atom. The lowest BCUT2D eigenvalue weighted by Crippen LogP contribution is -2.42. The predicted octanol–water partition coefficient (Wildman–Crippen LogP) is 1.33. The van der Waals surface area contributed by atoms with Crippen molar-refractivity contribution in [3.05, 3.63) is 28.7 Å². The summed E-state index contributed by atoms with van der Waals surface area (Å²) in [5.74, 6) is -0.146. The number of carbonyl (C=O) groups is 1. The third kappa shape index (κ3) is 3.96. The van der Waals surface area contributed by atoms with Crippen molar-refractivity contribution in [3.8, 4) is 0 Å². The largest absolute Gasteiger partial charge is 0.353 e. The highest BCUT2D eigenvalue weighted by molar-refractivity contribution is 7.09. The standard InChI is InChI=1S/C15H21FN6OS/c1-10(22-9-17-8-19-22)15(23)18-4-14-3-12(16)5-21(14)6-13-7-24-11(2)20-13/h7-10,12,14H,3-6H2,1-2H3,(H,18,23)/t10-,12+,14+/m1/s1. The van der Waals surface area contributed by atoms with Gasteiger partial charge >= 0.3 is 0 Å². The van der Waals surface area contributed by atoms with E-state index in [4.69, 9.17) is 0 Å². The van der Waals surface area contributed by atoms with Crippen LogP contribution in [0.25, 0.3) is 0 Å². The molecule has 3 atom stereocenters. The van der Waals surface area contributed by atoms with Crippen molar-refractivity contribution in [1.82, 2.24) is 30.0 Å². The Hall–Kier alpha value is -1.87. The number of carbonyl (C=O) groups excluding carboxylic acids is 1. The molecule has 9 heteroatoms. The third-order valence-corrected chi connectivity index (χ3v) is 5.06. The van der Waals surface area contributed by atoms with E-state index in [0.29, 0.717) is 26.1 Å². The first kappa shape index (κ1) is 17.0. The van der Waals surface area contributed by atoms with Gasteiger partial charge in [0.1, 0.15) is 24.9 Å². The molecule has 1 aliphatic rings. The van der Waals surface area contributed by atoms with Gasteiger partial charge in [-0.3, -0.25) is 9.69 Å². The number of thiazole rings is 1. The van der Waals surface area contributed by atoms with Gasteiger partial charge in [0.15, 0.2) is 0 Å². The maximum atomic E-state index is 13.8. The number of halogens is 1. The van der Waals surface area contributed by atoms with E-state index in [2.05, 4.69) is 25.3 Å². The first-order valence-corrected chi connectivity index (χ1v) is 8.82. The van der Waals surface area contributed by atoms with Gasteiger partial charge < -0.3 is 5.32 Å². The fourth-order valence-corrected chi connectivity index (χ4v) is 3.52. The van der Waals surface area contributed by atoms with Gasteiger partial charge in [0.2, 0.25) is 5.91 Å². The quantitative estimate of drug-likeness (QED) is 0.849. The van der Waals surface area contributed by atoms with E-state index in [1.807, 2.05) is 12.3 Å². The molecule has 7 nitrogen and oxygen atoms in total. The van der Waals surface area contributed by atoms with Gasteiger partial charge in [0.05, 0.1) is 10.7 Å². The highest BCUT2D eigenvalue weighted by Crippen LogP contribution is 2.23. The molecule has 2 aromatic rings. The minimum atomic E-state index is -0.862. The van der Waals surface area contributed by atoms with Crippen LogP contribution in [0, 0.1) is 6.92 Å². The van der Waals surface area contributed by atoms with E-state index in [-0.39, 0.29) is 11.9 Å². The SMILES string of the molecule is Cc1nc(CN2C[C@@H](F)C[C@H]2CNC(=O)[C@@H](C)n2cncn2)cs1. The van der Waals surface area contributed by atoms with Gasteiger partial charge in [-0.2, -0.15) is 5.10 Å². The molecule has 3 heterocycles. The highest BCUT2D eigenvalue weighted by atomic mass is 32.1. The van der Waals surface area contributed by atoms with E-state index in [1.165, 1.54) is 17.3 Å². The molecule has 3 rings (SSSR count). The molecule has 0 radical (unpaired) electrons. The van der Waals surface area contributed by atoms with Crippen molar-refractivity contribution in [2.75, 3.05) is 13.1 Å². The number of likely N-dealkylation sites (tertiary alicyclic amines) is 1. The van der Waals surface area contributed by atoms with Crippen LogP contribution in [0.1, 0.15) is 30.1 Å². The van der Waals surface area contributed by atoms with Crippen molar-refractivity contribution in [2.45, 2.75) is 45.1 Å². The summed E-state index contributed by atoms with van der Waals surface area (Å²) in [5, 5.41) is 9.88. The molecule has 1 aliphatic heterocycles. The highest BCUT2D eigenvalue weighted by Gasteiger charge is 2.33. The predicted molar refractivity (Wildman–Crippen MR) is 88.3 cm³/mol. The molecule has 2 aromatic heterocycles. The average molecular weight is 352 g/mol. The summed E-state index contributed by atoms with van der Waals surface area (Å²) in [4.78, 5) is 22.6. The number of amides is 1. The Morgan fingerprint density at radius 2 is 2.42 bits per heavy atom. The monoisotopic (exact) mass is 352 g/mol. The van der Waals surface area contributed by atoms with Crippen LogP contribution in [0.4, 0.5) is 4.39 Å². The van der Waals surface area contributed by atoms with E-state index >= 15 is 0 Å². The second-order valence-corrected chi connectivity index (χ2v) is 7.13. The van der Waals surface area contributed by atoms with Crippen molar-refractivity contribution in [1.29, 1.82) is 0 Å². The Balaban J connectivity index is 1.55. The lowest BCUT2D eigenvalue weighted by molar-refractivity contribution is -0.124. The van der Waals surface area contributed by atoms with E-state index in [9.17, 15) is 9.18 Å². The van der Waals surface area contributed by atoms with E-state index in [0.717, 1.165) is 10.7 Å². The summed E-state index contributed by atoms with van der Waals surface area (Å²) in [6.07, 6.45) is 2.47. The zero-order valence-corrected chi connectivity index (χ0v) is 14.5. The van der Waals surface area contributed by atoms with E-state index in [1.54, 1.807) is 18.3 Å². The lowest BCUT2D eigenvalue weighted by atomic mass is 10.2. The Kier molecular flexibility index (Phi) is 5.20. The fraction of sp³-hybridized carbons (Fsp3) is 0.600. The van der Waals surface area contributed by atoms with Crippen LogP contribution in [0.3, 0.4) is 0 Å². The number of alkyl halides is 1. The van der Waals surface area contributed by atoms with Crippen molar-refractivity contribution in [3.63, 3.8) is 0 Å². The Labute approximate surface area is 143 Å². The van der Waals surface area contributed by atoms with E-state index < -0.39 is 12.2 Å². The summed E-state index contributed by atoms with van der Waals surface area (Å²) in [5.41, 5.74) is 0.957. The molecule has 1 N–H and O–H groups in total. The molecule has 0 bridgehead atoms. The third-order valence-electron chi connectivity index (χ3n) is 4.23. The van der Waals surface area contributed by atoms with Gasteiger partial charge in [-0.15, -0.1) is 11.3 Å². The molecule has 0 saturated carbocycles.